The van der Waals surface area contributed by atoms with E-state index in [2.05, 4.69) is 17.1 Å². The average molecular weight is 159 g/mol. The minimum atomic E-state index is 0.712. The Morgan fingerprint density at radius 2 is 2.00 bits per heavy atom. The molecular formula is C10H9NO. The third-order valence-electron chi connectivity index (χ3n) is 1.75. The van der Waals surface area contributed by atoms with Gasteiger partial charge in [0.25, 0.3) is 0 Å². The number of hydrogen-bond acceptors (Lipinski definition) is 2. The summed E-state index contributed by atoms with van der Waals surface area (Å²) >= 11 is 0. The monoisotopic (exact) mass is 159 g/mol. The van der Waals surface area contributed by atoms with Gasteiger partial charge in [0.15, 0.2) is 6.40 Å². The molecular weight excluding hydrogens is 150 g/mol. The molecule has 1 aliphatic heterocycles. The standard InChI is InChI=1S/C10H9NO/c1-2-4-9(5-3-1)10-6-11-8-12-7-10/h1-5,7-8H,6H2. The van der Waals surface area contributed by atoms with Gasteiger partial charge in [-0.15, -0.1) is 0 Å². The second-order valence-electron chi connectivity index (χ2n) is 2.59. The zero-order valence-electron chi connectivity index (χ0n) is 6.60. The molecule has 0 N–H and O–H groups in total. The summed E-state index contributed by atoms with van der Waals surface area (Å²) in [6.07, 6.45) is 3.20. The zero-order valence-corrected chi connectivity index (χ0v) is 6.60. The predicted octanol–water partition coefficient (Wildman–Crippen LogP) is 2.09. The van der Waals surface area contributed by atoms with Crippen molar-refractivity contribution < 1.29 is 4.74 Å². The fourth-order valence-electron chi connectivity index (χ4n) is 1.14. The normalized spacial score (nSPS) is 15.2. The molecule has 0 atom stereocenters. The van der Waals surface area contributed by atoms with Crippen LogP contribution in [0.2, 0.25) is 0 Å². The van der Waals surface area contributed by atoms with Gasteiger partial charge in [-0.2, -0.15) is 0 Å². The van der Waals surface area contributed by atoms with Gasteiger partial charge in [0.1, 0.15) is 0 Å². The lowest BCUT2D eigenvalue weighted by molar-refractivity contribution is 0.486. The van der Waals surface area contributed by atoms with Crippen molar-refractivity contribution in [3.05, 3.63) is 42.2 Å². The third kappa shape index (κ3) is 1.37. The van der Waals surface area contributed by atoms with Gasteiger partial charge in [-0.1, -0.05) is 30.3 Å². The van der Waals surface area contributed by atoms with Crippen LogP contribution in [0, 0.1) is 0 Å². The highest BCUT2D eigenvalue weighted by Gasteiger charge is 2.02. The van der Waals surface area contributed by atoms with Crippen molar-refractivity contribution in [3.8, 4) is 0 Å². The first-order chi connectivity index (χ1) is 5.97. The Labute approximate surface area is 71.2 Å². The molecule has 1 aliphatic rings. The summed E-state index contributed by atoms with van der Waals surface area (Å²) in [6.45, 7) is 0.712. The van der Waals surface area contributed by atoms with E-state index in [4.69, 9.17) is 4.74 Å². The van der Waals surface area contributed by atoms with Gasteiger partial charge >= 0.3 is 0 Å². The van der Waals surface area contributed by atoms with Crippen LogP contribution in [0.4, 0.5) is 0 Å². The van der Waals surface area contributed by atoms with Crippen LogP contribution in [-0.4, -0.2) is 12.9 Å². The number of rotatable bonds is 1. The van der Waals surface area contributed by atoms with E-state index in [9.17, 15) is 0 Å². The van der Waals surface area contributed by atoms with Gasteiger partial charge in [0.05, 0.1) is 12.8 Å². The Morgan fingerprint density at radius 3 is 2.67 bits per heavy atom. The van der Waals surface area contributed by atoms with Gasteiger partial charge in [-0.3, -0.25) is 4.99 Å². The number of hydrogen-bond donors (Lipinski definition) is 0. The van der Waals surface area contributed by atoms with Crippen LogP contribution in [0.1, 0.15) is 5.56 Å². The molecule has 0 fully saturated rings. The lowest BCUT2D eigenvalue weighted by Gasteiger charge is -2.07. The van der Waals surface area contributed by atoms with Crippen LogP contribution in [0.25, 0.3) is 5.57 Å². The number of benzene rings is 1. The molecule has 0 aromatic heterocycles. The van der Waals surface area contributed by atoms with Crippen molar-refractivity contribution in [1.82, 2.24) is 0 Å². The van der Waals surface area contributed by atoms with Crippen LogP contribution in [0.15, 0.2) is 41.6 Å². The van der Waals surface area contributed by atoms with E-state index in [1.54, 1.807) is 6.26 Å². The summed E-state index contributed by atoms with van der Waals surface area (Å²) in [5.41, 5.74) is 2.30. The van der Waals surface area contributed by atoms with Crippen LogP contribution in [0.5, 0.6) is 0 Å². The summed E-state index contributed by atoms with van der Waals surface area (Å²) < 4.78 is 4.98. The zero-order chi connectivity index (χ0) is 8.23. The Hall–Kier alpha value is -1.57. The molecule has 2 nitrogen and oxygen atoms in total. The Balaban J connectivity index is 2.26. The maximum atomic E-state index is 4.98. The molecule has 0 saturated carbocycles. The number of ether oxygens (including phenoxy) is 1. The minimum Gasteiger partial charge on any atom is -0.453 e. The van der Waals surface area contributed by atoms with E-state index >= 15 is 0 Å². The Morgan fingerprint density at radius 1 is 1.17 bits per heavy atom. The largest absolute Gasteiger partial charge is 0.453 e. The summed E-state index contributed by atoms with van der Waals surface area (Å²) in [6, 6.07) is 10.1. The Kier molecular flexibility index (Phi) is 1.90. The van der Waals surface area contributed by atoms with Crippen LogP contribution >= 0.6 is 0 Å². The molecule has 2 heteroatoms. The fraction of sp³-hybridized carbons (Fsp3) is 0.100. The predicted molar refractivity (Wildman–Crippen MR) is 48.9 cm³/mol. The highest BCUT2D eigenvalue weighted by Crippen LogP contribution is 2.15. The summed E-state index contributed by atoms with van der Waals surface area (Å²) in [5.74, 6) is 0. The quantitative estimate of drug-likeness (QED) is 0.614. The highest BCUT2D eigenvalue weighted by molar-refractivity contribution is 5.70. The molecule has 0 aliphatic carbocycles. The van der Waals surface area contributed by atoms with Crippen LogP contribution < -0.4 is 0 Å². The molecule has 0 amide bonds. The second-order valence-corrected chi connectivity index (χ2v) is 2.59. The lowest BCUT2D eigenvalue weighted by atomic mass is 10.1. The molecule has 1 aromatic carbocycles. The van der Waals surface area contributed by atoms with E-state index in [1.165, 1.54) is 12.0 Å². The van der Waals surface area contributed by atoms with Crippen molar-refractivity contribution >= 4 is 12.0 Å². The highest BCUT2D eigenvalue weighted by atomic mass is 16.5. The molecule has 0 radical (unpaired) electrons. The molecule has 0 unspecified atom stereocenters. The van der Waals surface area contributed by atoms with Crippen molar-refractivity contribution in [2.75, 3.05) is 6.54 Å². The van der Waals surface area contributed by atoms with E-state index in [0.29, 0.717) is 6.54 Å². The van der Waals surface area contributed by atoms with E-state index in [-0.39, 0.29) is 0 Å². The minimum absolute atomic E-state index is 0.712. The summed E-state index contributed by atoms with van der Waals surface area (Å²) in [4.78, 5) is 4.02. The van der Waals surface area contributed by atoms with Crippen LogP contribution in [-0.2, 0) is 4.74 Å². The maximum absolute atomic E-state index is 4.98. The first-order valence-electron chi connectivity index (χ1n) is 3.85. The van der Waals surface area contributed by atoms with Crippen molar-refractivity contribution in [1.29, 1.82) is 0 Å². The fourth-order valence-corrected chi connectivity index (χ4v) is 1.14. The van der Waals surface area contributed by atoms with Gasteiger partial charge < -0.3 is 4.74 Å². The second kappa shape index (κ2) is 3.22. The molecule has 1 heterocycles. The van der Waals surface area contributed by atoms with Gasteiger partial charge in [0.2, 0.25) is 0 Å². The molecule has 60 valence electrons. The van der Waals surface area contributed by atoms with Crippen molar-refractivity contribution in [3.63, 3.8) is 0 Å². The molecule has 12 heavy (non-hydrogen) atoms. The van der Waals surface area contributed by atoms with Crippen LogP contribution in [0.3, 0.4) is 0 Å². The smallest absolute Gasteiger partial charge is 0.176 e. The lowest BCUT2D eigenvalue weighted by Crippen LogP contribution is -1.96. The first kappa shape index (κ1) is 7.10. The SMILES string of the molecule is C1=NCC(c2ccccc2)=CO1. The number of nitrogens with zero attached hydrogens (tertiary/aromatic N) is 1. The maximum Gasteiger partial charge on any atom is 0.176 e. The molecule has 1 aromatic rings. The van der Waals surface area contributed by atoms with E-state index in [1.807, 2.05) is 18.2 Å². The van der Waals surface area contributed by atoms with Gasteiger partial charge in [-0.05, 0) is 5.56 Å². The third-order valence-corrected chi connectivity index (χ3v) is 1.75. The summed E-state index contributed by atoms with van der Waals surface area (Å²) in [7, 11) is 0. The van der Waals surface area contributed by atoms with Crippen molar-refractivity contribution in [2.24, 2.45) is 4.99 Å². The molecule has 2 rings (SSSR count). The number of aliphatic imine (C=N–C) groups is 1. The van der Waals surface area contributed by atoms with Crippen molar-refractivity contribution in [2.45, 2.75) is 0 Å². The Bertz CT molecular complexity index is 314. The van der Waals surface area contributed by atoms with E-state index < -0.39 is 0 Å². The first-order valence-corrected chi connectivity index (χ1v) is 3.85. The molecule has 0 spiro atoms. The van der Waals surface area contributed by atoms with E-state index in [0.717, 1.165) is 5.57 Å². The molecule has 0 saturated heterocycles. The van der Waals surface area contributed by atoms with Gasteiger partial charge in [-0.25, -0.2) is 0 Å². The summed E-state index contributed by atoms with van der Waals surface area (Å²) in [5, 5.41) is 0. The van der Waals surface area contributed by atoms with Gasteiger partial charge in [0, 0.05) is 5.57 Å². The topological polar surface area (TPSA) is 21.6 Å². The average Bonchev–Trinajstić information content (AvgIpc) is 2.21. The molecule has 0 bridgehead atoms.